The number of benzene rings is 3. The Labute approximate surface area is 167 Å². The van der Waals surface area contributed by atoms with Crippen LogP contribution in [0, 0.1) is 0 Å². The molecule has 0 spiro atoms. The highest BCUT2D eigenvalue weighted by atomic mass is 16.2. The van der Waals surface area contributed by atoms with Gasteiger partial charge in [-0.2, -0.15) is 5.10 Å². The summed E-state index contributed by atoms with van der Waals surface area (Å²) in [5, 5.41) is 7.47. The summed E-state index contributed by atoms with van der Waals surface area (Å²) in [6.45, 7) is 0. The molecular formula is C23H18N4O2. The summed E-state index contributed by atoms with van der Waals surface area (Å²) in [6, 6.07) is 25.6. The lowest BCUT2D eigenvalue weighted by molar-refractivity contribution is 0.0996. The summed E-state index contributed by atoms with van der Waals surface area (Å²) < 4.78 is 1.68. The van der Waals surface area contributed by atoms with Crippen LogP contribution in [-0.2, 0) is 0 Å². The lowest BCUT2D eigenvalue weighted by Crippen LogP contribution is -2.14. The van der Waals surface area contributed by atoms with Gasteiger partial charge in [0.15, 0.2) is 0 Å². The number of carbonyl (C=O) groups is 2. The van der Waals surface area contributed by atoms with E-state index in [0.717, 1.165) is 11.3 Å². The van der Waals surface area contributed by atoms with Gasteiger partial charge in [0.25, 0.3) is 5.91 Å². The second kappa shape index (κ2) is 7.82. The number of hydrogen-bond acceptors (Lipinski definition) is 3. The van der Waals surface area contributed by atoms with E-state index < -0.39 is 5.91 Å². The first-order valence-electron chi connectivity index (χ1n) is 9.03. The van der Waals surface area contributed by atoms with Crippen LogP contribution in [0.3, 0.4) is 0 Å². The Kier molecular flexibility index (Phi) is 4.90. The SMILES string of the molecule is NC(=O)c1cccc(NC(=O)c2cn(-c3ccccc3)nc2-c2ccccc2)c1. The predicted octanol–water partition coefficient (Wildman–Crippen LogP) is 3.89. The molecule has 6 nitrogen and oxygen atoms in total. The van der Waals surface area contributed by atoms with E-state index in [1.54, 1.807) is 35.1 Å². The Bertz CT molecular complexity index is 1170. The highest BCUT2D eigenvalue weighted by Crippen LogP contribution is 2.25. The van der Waals surface area contributed by atoms with Gasteiger partial charge >= 0.3 is 0 Å². The Morgan fingerprint density at radius 1 is 0.862 bits per heavy atom. The summed E-state index contributed by atoms with van der Waals surface area (Å²) in [5.41, 5.74) is 8.80. The molecule has 3 aromatic carbocycles. The van der Waals surface area contributed by atoms with E-state index in [9.17, 15) is 9.59 Å². The van der Waals surface area contributed by atoms with Crippen molar-refractivity contribution >= 4 is 17.5 Å². The molecule has 0 radical (unpaired) electrons. The Balaban J connectivity index is 1.73. The molecule has 0 atom stereocenters. The van der Waals surface area contributed by atoms with Crippen molar-refractivity contribution in [3.05, 3.63) is 102 Å². The Morgan fingerprint density at radius 2 is 1.55 bits per heavy atom. The number of nitrogens with two attached hydrogens (primary N) is 1. The van der Waals surface area contributed by atoms with Gasteiger partial charge in [0.05, 0.1) is 11.3 Å². The predicted molar refractivity (Wildman–Crippen MR) is 112 cm³/mol. The zero-order chi connectivity index (χ0) is 20.2. The lowest BCUT2D eigenvalue weighted by atomic mass is 10.1. The highest BCUT2D eigenvalue weighted by molar-refractivity contribution is 6.08. The molecule has 0 fully saturated rings. The fraction of sp³-hybridized carbons (Fsp3) is 0. The molecule has 1 heterocycles. The number of carbonyl (C=O) groups excluding carboxylic acids is 2. The van der Waals surface area contributed by atoms with Crippen molar-refractivity contribution in [2.75, 3.05) is 5.32 Å². The quantitative estimate of drug-likeness (QED) is 0.549. The minimum atomic E-state index is -0.553. The van der Waals surface area contributed by atoms with Crippen molar-refractivity contribution in [2.45, 2.75) is 0 Å². The number of hydrogen-bond donors (Lipinski definition) is 2. The van der Waals surface area contributed by atoms with Gasteiger partial charge in [-0.3, -0.25) is 9.59 Å². The maximum absolute atomic E-state index is 13.1. The van der Waals surface area contributed by atoms with Gasteiger partial charge in [0.2, 0.25) is 5.91 Å². The molecule has 3 N–H and O–H groups in total. The first-order valence-corrected chi connectivity index (χ1v) is 9.03. The van der Waals surface area contributed by atoms with Crippen molar-refractivity contribution < 1.29 is 9.59 Å². The van der Waals surface area contributed by atoms with E-state index in [4.69, 9.17) is 5.73 Å². The first kappa shape index (κ1) is 18.2. The summed E-state index contributed by atoms with van der Waals surface area (Å²) >= 11 is 0. The van der Waals surface area contributed by atoms with Crippen molar-refractivity contribution in [1.82, 2.24) is 9.78 Å². The summed E-state index contributed by atoms with van der Waals surface area (Å²) in [4.78, 5) is 24.5. The van der Waals surface area contributed by atoms with Crippen LogP contribution in [0.4, 0.5) is 5.69 Å². The maximum atomic E-state index is 13.1. The molecule has 0 aliphatic heterocycles. The molecule has 0 bridgehead atoms. The standard InChI is InChI=1S/C23H18N4O2/c24-22(28)17-10-7-11-18(14-17)25-23(29)20-15-27(19-12-5-2-6-13-19)26-21(20)16-8-3-1-4-9-16/h1-15H,(H2,24,28)(H,25,29). The molecule has 2 amide bonds. The van der Waals surface area contributed by atoms with E-state index in [-0.39, 0.29) is 5.91 Å². The maximum Gasteiger partial charge on any atom is 0.259 e. The highest BCUT2D eigenvalue weighted by Gasteiger charge is 2.19. The Hall–Kier alpha value is -4.19. The second-order valence-corrected chi connectivity index (χ2v) is 6.44. The van der Waals surface area contributed by atoms with Crippen LogP contribution >= 0.6 is 0 Å². The largest absolute Gasteiger partial charge is 0.366 e. The van der Waals surface area contributed by atoms with E-state index >= 15 is 0 Å². The molecule has 0 unspecified atom stereocenters. The third-order valence-corrected chi connectivity index (χ3v) is 4.43. The van der Waals surface area contributed by atoms with Crippen LogP contribution in [0.2, 0.25) is 0 Å². The van der Waals surface area contributed by atoms with Gasteiger partial charge in [-0.05, 0) is 30.3 Å². The molecule has 0 saturated heterocycles. The molecular weight excluding hydrogens is 364 g/mol. The normalized spacial score (nSPS) is 10.5. The fourth-order valence-electron chi connectivity index (χ4n) is 3.01. The zero-order valence-electron chi connectivity index (χ0n) is 15.4. The summed E-state index contributed by atoms with van der Waals surface area (Å²) in [7, 11) is 0. The number of rotatable bonds is 5. The summed E-state index contributed by atoms with van der Waals surface area (Å²) in [5.74, 6) is -0.879. The minimum absolute atomic E-state index is 0.325. The van der Waals surface area contributed by atoms with Crippen molar-refractivity contribution in [2.24, 2.45) is 5.73 Å². The number of amides is 2. The molecule has 1 aromatic heterocycles. The zero-order valence-corrected chi connectivity index (χ0v) is 15.4. The number of aromatic nitrogens is 2. The number of anilines is 1. The molecule has 29 heavy (non-hydrogen) atoms. The number of nitrogens with one attached hydrogen (secondary N) is 1. The average molecular weight is 382 g/mol. The van der Waals surface area contributed by atoms with Gasteiger partial charge in [-0.15, -0.1) is 0 Å². The molecule has 142 valence electrons. The van der Waals surface area contributed by atoms with E-state index in [1.807, 2.05) is 60.7 Å². The first-order chi connectivity index (χ1) is 14.1. The average Bonchev–Trinajstić information content (AvgIpc) is 3.21. The second-order valence-electron chi connectivity index (χ2n) is 6.44. The molecule has 0 aliphatic rings. The van der Waals surface area contributed by atoms with Crippen LogP contribution in [0.25, 0.3) is 16.9 Å². The molecule has 4 rings (SSSR count). The smallest absolute Gasteiger partial charge is 0.259 e. The fourth-order valence-corrected chi connectivity index (χ4v) is 3.01. The molecule has 0 aliphatic carbocycles. The summed E-state index contributed by atoms with van der Waals surface area (Å²) in [6.07, 6.45) is 1.70. The van der Waals surface area contributed by atoms with Gasteiger partial charge in [-0.25, -0.2) is 4.68 Å². The molecule has 6 heteroatoms. The van der Waals surface area contributed by atoms with Crippen LogP contribution in [0.1, 0.15) is 20.7 Å². The Morgan fingerprint density at radius 3 is 2.24 bits per heavy atom. The third-order valence-electron chi connectivity index (χ3n) is 4.43. The van der Waals surface area contributed by atoms with Gasteiger partial charge in [0, 0.05) is 23.0 Å². The van der Waals surface area contributed by atoms with Gasteiger partial charge < -0.3 is 11.1 Å². The number of primary amides is 1. The third kappa shape index (κ3) is 3.91. The lowest BCUT2D eigenvalue weighted by Gasteiger charge is -2.06. The van der Waals surface area contributed by atoms with Crippen LogP contribution < -0.4 is 11.1 Å². The van der Waals surface area contributed by atoms with Crippen molar-refractivity contribution in [3.8, 4) is 16.9 Å². The molecule has 0 saturated carbocycles. The molecule has 4 aromatic rings. The van der Waals surface area contributed by atoms with E-state index in [2.05, 4.69) is 10.4 Å². The van der Waals surface area contributed by atoms with Crippen molar-refractivity contribution in [3.63, 3.8) is 0 Å². The van der Waals surface area contributed by atoms with Gasteiger partial charge in [0.1, 0.15) is 5.69 Å². The van der Waals surface area contributed by atoms with Crippen LogP contribution in [-0.4, -0.2) is 21.6 Å². The topological polar surface area (TPSA) is 90.0 Å². The van der Waals surface area contributed by atoms with E-state index in [0.29, 0.717) is 22.5 Å². The van der Waals surface area contributed by atoms with E-state index in [1.165, 1.54) is 0 Å². The monoisotopic (exact) mass is 382 g/mol. The van der Waals surface area contributed by atoms with Gasteiger partial charge in [-0.1, -0.05) is 54.6 Å². The number of nitrogens with zero attached hydrogens (tertiary/aromatic N) is 2. The van der Waals surface area contributed by atoms with Crippen molar-refractivity contribution in [1.29, 1.82) is 0 Å². The number of para-hydroxylation sites is 1. The van der Waals surface area contributed by atoms with Crippen LogP contribution in [0.5, 0.6) is 0 Å². The minimum Gasteiger partial charge on any atom is -0.366 e. The van der Waals surface area contributed by atoms with Crippen LogP contribution in [0.15, 0.2) is 91.1 Å².